The molecule has 104 valence electrons. The summed E-state index contributed by atoms with van der Waals surface area (Å²) in [6, 6.07) is 7.76. The lowest BCUT2D eigenvalue weighted by Gasteiger charge is -2.33. The van der Waals surface area contributed by atoms with Crippen LogP contribution in [0.2, 0.25) is 0 Å². The molecule has 3 nitrogen and oxygen atoms in total. The van der Waals surface area contributed by atoms with E-state index in [0.717, 1.165) is 48.1 Å². The Morgan fingerprint density at radius 1 is 1.47 bits per heavy atom. The van der Waals surface area contributed by atoms with E-state index < -0.39 is 0 Å². The van der Waals surface area contributed by atoms with Gasteiger partial charge in [0.05, 0.1) is 11.7 Å². The molecule has 19 heavy (non-hydrogen) atoms. The minimum absolute atomic E-state index is 0.134. The zero-order valence-electron chi connectivity index (χ0n) is 11.3. The van der Waals surface area contributed by atoms with Crippen molar-refractivity contribution < 1.29 is 9.53 Å². The van der Waals surface area contributed by atoms with Crippen LogP contribution >= 0.6 is 22.6 Å². The number of rotatable bonds is 4. The summed E-state index contributed by atoms with van der Waals surface area (Å²) >= 11 is 2.22. The lowest BCUT2D eigenvalue weighted by Crippen LogP contribution is -2.43. The quantitative estimate of drug-likeness (QED) is 0.758. The fraction of sp³-hybridized carbons (Fsp3) is 0.533. The zero-order chi connectivity index (χ0) is 13.7. The molecular formula is C15H20INO2. The largest absolute Gasteiger partial charge is 0.376 e. The molecule has 1 amide bonds. The molecule has 1 aliphatic rings. The number of piperidine rings is 1. The van der Waals surface area contributed by atoms with Crippen molar-refractivity contribution >= 4 is 28.5 Å². The Kier molecular flexibility index (Phi) is 5.63. The average Bonchev–Trinajstić information content (AvgIpc) is 2.45. The van der Waals surface area contributed by atoms with Crippen molar-refractivity contribution in [2.75, 3.05) is 19.7 Å². The predicted molar refractivity (Wildman–Crippen MR) is 84.3 cm³/mol. The second-order valence-electron chi connectivity index (χ2n) is 4.87. The third-order valence-corrected chi connectivity index (χ3v) is 4.27. The van der Waals surface area contributed by atoms with E-state index in [0.29, 0.717) is 0 Å². The molecule has 0 bridgehead atoms. The number of nitrogens with zero attached hydrogens (tertiary/aromatic N) is 1. The molecular weight excluding hydrogens is 353 g/mol. The predicted octanol–water partition coefficient (Wildman–Crippen LogP) is 3.32. The van der Waals surface area contributed by atoms with E-state index in [1.165, 1.54) is 0 Å². The summed E-state index contributed by atoms with van der Waals surface area (Å²) in [5.74, 6) is 0.134. The van der Waals surface area contributed by atoms with Crippen LogP contribution in [0, 0.1) is 3.57 Å². The average molecular weight is 373 g/mol. The number of carbonyl (C=O) groups is 1. The monoisotopic (exact) mass is 373 g/mol. The van der Waals surface area contributed by atoms with E-state index in [4.69, 9.17) is 4.74 Å². The highest BCUT2D eigenvalue weighted by atomic mass is 127. The minimum Gasteiger partial charge on any atom is -0.376 e. The number of amides is 1. The van der Waals surface area contributed by atoms with E-state index in [1.807, 2.05) is 29.2 Å². The first kappa shape index (κ1) is 14.8. The van der Waals surface area contributed by atoms with Crippen molar-refractivity contribution in [3.63, 3.8) is 0 Å². The Labute approximate surface area is 128 Å². The molecule has 1 saturated heterocycles. The summed E-state index contributed by atoms with van der Waals surface area (Å²) in [6.07, 6.45) is 3.33. The van der Waals surface area contributed by atoms with Crippen LogP contribution in [-0.4, -0.2) is 36.6 Å². The van der Waals surface area contributed by atoms with Crippen LogP contribution in [0.4, 0.5) is 0 Å². The zero-order valence-corrected chi connectivity index (χ0v) is 13.4. The molecule has 1 atom stereocenters. The molecule has 1 unspecified atom stereocenters. The summed E-state index contributed by atoms with van der Waals surface area (Å²) < 4.78 is 6.80. The number of ether oxygens (including phenoxy) is 1. The molecule has 0 aromatic heterocycles. The molecule has 2 rings (SSSR count). The number of hydrogen-bond donors (Lipinski definition) is 0. The number of hydrogen-bond acceptors (Lipinski definition) is 2. The van der Waals surface area contributed by atoms with Crippen molar-refractivity contribution in [1.82, 2.24) is 4.90 Å². The molecule has 1 aliphatic heterocycles. The van der Waals surface area contributed by atoms with Gasteiger partial charge in [-0.15, -0.1) is 0 Å². The van der Waals surface area contributed by atoms with Gasteiger partial charge in [-0.2, -0.15) is 0 Å². The summed E-state index contributed by atoms with van der Waals surface area (Å²) in [5, 5.41) is 0. The van der Waals surface area contributed by atoms with Gasteiger partial charge in [-0.1, -0.05) is 19.1 Å². The van der Waals surface area contributed by atoms with E-state index in [-0.39, 0.29) is 12.0 Å². The second kappa shape index (κ2) is 7.24. The maximum absolute atomic E-state index is 12.5. The molecule has 4 heteroatoms. The van der Waals surface area contributed by atoms with Crippen LogP contribution in [0.25, 0.3) is 0 Å². The summed E-state index contributed by atoms with van der Waals surface area (Å²) in [5.41, 5.74) is 0.805. The molecule has 0 radical (unpaired) electrons. The number of carbonyl (C=O) groups excluding carboxylic acids is 1. The van der Waals surface area contributed by atoms with Crippen LogP contribution in [0.1, 0.15) is 36.5 Å². The smallest absolute Gasteiger partial charge is 0.255 e. The van der Waals surface area contributed by atoms with Crippen LogP contribution in [0.5, 0.6) is 0 Å². The topological polar surface area (TPSA) is 29.5 Å². The maximum atomic E-state index is 12.5. The lowest BCUT2D eigenvalue weighted by atomic mass is 10.1. The Bertz CT molecular complexity index is 436. The molecule has 0 spiro atoms. The first-order chi connectivity index (χ1) is 9.22. The van der Waals surface area contributed by atoms with Crippen molar-refractivity contribution in [1.29, 1.82) is 0 Å². The maximum Gasteiger partial charge on any atom is 0.255 e. The van der Waals surface area contributed by atoms with Gasteiger partial charge in [-0.05, 0) is 54.0 Å². The molecule has 0 N–H and O–H groups in total. The van der Waals surface area contributed by atoms with E-state index in [1.54, 1.807) is 0 Å². The molecule has 1 fully saturated rings. The molecule has 1 aromatic rings. The highest BCUT2D eigenvalue weighted by Gasteiger charge is 2.25. The SMILES string of the molecule is CCCOC1CCCN(C(=O)c2ccccc2I)C1. The standard InChI is InChI=1S/C15H20INO2/c1-2-10-19-12-6-5-9-17(11-12)15(18)13-7-3-4-8-14(13)16/h3-4,7-8,12H,2,5-6,9-11H2,1H3. The third kappa shape index (κ3) is 3.92. The summed E-state index contributed by atoms with van der Waals surface area (Å²) in [7, 11) is 0. The van der Waals surface area contributed by atoms with Gasteiger partial charge < -0.3 is 9.64 Å². The van der Waals surface area contributed by atoms with Gasteiger partial charge in [0.1, 0.15) is 0 Å². The van der Waals surface area contributed by atoms with Gasteiger partial charge in [-0.25, -0.2) is 0 Å². The first-order valence-corrected chi connectivity index (χ1v) is 7.95. The Balaban J connectivity index is 2.01. The van der Waals surface area contributed by atoms with Gasteiger partial charge in [-0.3, -0.25) is 4.79 Å². The summed E-state index contributed by atoms with van der Waals surface area (Å²) in [6.45, 7) is 4.47. The van der Waals surface area contributed by atoms with Gasteiger partial charge in [0.25, 0.3) is 5.91 Å². The first-order valence-electron chi connectivity index (χ1n) is 6.87. The van der Waals surface area contributed by atoms with Crippen LogP contribution in [0.15, 0.2) is 24.3 Å². The van der Waals surface area contributed by atoms with Gasteiger partial charge in [0.2, 0.25) is 0 Å². The Hall–Kier alpha value is -0.620. The van der Waals surface area contributed by atoms with E-state index in [2.05, 4.69) is 29.5 Å². The van der Waals surface area contributed by atoms with Crippen LogP contribution in [0.3, 0.4) is 0 Å². The number of benzene rings is 1. The fourth-order valence-electron chi connectivity index (χ4n) is 2.35. The van der Waals surface area contributed by atoms with Crippen LogP contribution in [-0.2, 0) is 4.74 Å². The third-order valence-electron chi connectivity index (χ3n) is 3.33. The molecule has 0 aliphatic carbocycles. The van der Waals surface area contributed by atoms with E-state index >= 15 is 0 Å². The molecule has 0 saturated carbocycles. The van der Waals surface area contributed by atoms with Crippen LogP contribution < -0.4 is 0 Å². The van der Waals surface area contributed by atoms with E-state index in [9.17, 15) is 4.79 Å². The second-order valence-corrected chi connectivity index (χ2v) is 6.03. The summed E-state index contributed by atoms with van der Waals surface area (Å²) in [4.78, 5) is 14.4. The van der Waals surface area contributed by atoms with Gasteiger partial charge >= 0.3 is 0 Å². The van der Waals surface area contributed by atoms with Crippen molar-refractivity contribution in [2.45, 2.75) is 32.3 Å². The highest BCUT2D eigenvalue weighted by Crippen LogP contribution is 2.19. The lowest BCUT2D eigenvalue weighted by molar-refractivity contribution is 0.00208. The minimum atomic E-state index is 0.134. The fourth-order valence-corrected chi connectivity index (χ4v) is 2.97. The normalized spacial score (nSPS) is 19.5. The van der Waals surface area contributed by atoms with Crippen molar-refractivity contribution in [2.24, 2.45) is 0 Å². The van der Waals surface area contributed by atoms with Crippen molar-refractivity contribution in [3.8, 4) is 0 Å². The highest BCUT2D eigenvalue weighted by molar-refractivity contribution is 14.1. The molecule has 1 aromatic carbocycles. The Morgan fingerprint density at radius 2 is 2.26 bits per heavy atom. The number of likely N-dealkylation sites (tertiary alicyclic amines) is 1. The van der Waals surface area contributed by atoms with Crippen molar-refractivity contribution in [3.05, 3.63) is 33.4 Å². The molecule has 1 heterocycles. The van der Waals surface area contributed by atoms with Gasteiger partial charge in [0.15, 0.2) is 0 Å². The number of halogens is 1. The van der Waals surface area contributed by atoms with Gasteiger partial charge in [0, 0.05) is 23.3 Å². The Morgan fingerprint density at radius 3 is 3.00 bits per heavy atom.